The minimum absolute atomic E-state index is 0.0205. The number of carbonyl (C=O) groups is 3. The van der Waals surface area contributed by atoms with Crippen molar-refractivity contribution in [1.82, 2.24) is 0 Å². The zero-order chi connectivity index (χ0) is 28.5. The maximum absolute atomic E-state index is 14.1. The highest BCUT2D eigenvalue weighted by Crippen LogP contribution is 2.70. The molecule has 38 heavy (non-hydrogen) atoms. The molecule has 4 aliphatic rings. The molecule has 0 amide bonds. The van der Waals surface area contributed by atoms with E-state index in [0.29, 0.717) is 32.1 Å². The molecule has 4 aliphatic carbocycles. The maximum atomic E-state index is 14.1. The number of hydrogen-bond acceptors (Lipinski definition) is 6. The summed E-state index contributed by atoms with van der Waals surface area (Å²) in [5, 5.41) is 22.3. The van der Waals surface area contributed by atoms with E-state index in [-0.39, 0.29) is 40.4 Å². The molecule has 0 unspecified atom stereocenters. The Morgan fingerprint density at radius 3 is 2.21 bits per heavy atom. The van der Waals surface area contributed by atoms with Gasteiger partial charge in [-0.3, -0.25) is 14.4 Å². The summed E-state index contributed by atoms with van der Waals surface area (Å²) >= 11 is 0. The Kier molecular flexibility index (Phi) is 6.72. The van der Waals surface area contributed by atoms with Crippen LogP contribution in [0.1, 0.15) is 99.8 Å². The molecule has 2 saturated carbocycles. The highest BCUT2D eigenvalue weighted by Gasteiger charge is 2.68. The molecule has 0 aliphatic heterocycles. The first-order valence-corrected chi connectivity index (χ1v) is 14.2. The van der Waals surface area contributed by atoms with Crippen LogP contribution >= 0.6 is 0 Å². The molecule has 0 aromatic heterocycles. The van der Waals surface area contributed by atoms with Crippen LogP contribution in [0.5, 0.6) is 0 Å². The number of esters is 1. The fourth-order valence-corrected chi connectivity index (χ4v) is 8.62. The number of carbonyl (C=O) groups excluding carboxylic acids is 3. The smallest absolute Gasteiger partial charge is 0.311 e. The Hall–Kier alpha value is -2.26. The molecule has 0 heterocycles. The second-order valence-electron chi connectivity index (χ2n) is 14.4. The van der Waals surface area contributed by atoms with E-state index in [1.54, 1.807) is 12.2 Å². The zero-order valence-corrected chi connectivity index (χ0v) is 24.5. The van der Waals surface area contributed by atoms with Crippen molar-refractivity contribution >= 4 is 17.5 Å². The number of aliphatic hydroxyl groups is 1. The minimum atomic E-state index is -1.59. The number of methoxy groups -OCH3 is 1. The topological polar surface area (TPSA) is 104 Å². The van der Waals surface area contributed by atoms with Gasteiger partial charge in [-0.2, -0.15) is 5.26 Å². The van der Waals surface area contributed by atoms with Gasteiger partial charge < -0.3 is 9.84 Å². The van der Waals surface area contributed by atoms with Crippen LogP contribution in [0.2, 0.25) is 0 Å². The average Bonchev–Trinajstić information content (AvgIpc) is 2.87. The normalized spacial score (nSPS) is 44.8. The van der Waals surface area contributed by atoms with Crippen LogP contribution in [0.15, 0.2) is 23.3 Å². The number of hydrogen-bond donors (Lipinski definition) is 1. The van der Waals surface area contributed by atoms with Gasteiger partial charge in [0.2, 0.25) is 0 Å². The number of fused-ring (bicyclic) bond motifs is 5. The van der Waals surface area contributed by atoms with Crippen LogP contribution < -0.4 is 0 Å². The number of ketones is 2. The van der Waals surface area contributed by atoms with Gasteiger partial charge in [-0.05, 0) is 86.7 Å². The Morgan fingerprint density at radius 2 is 1.61 bits per heavy atom. The molecule has 2 fully saturated rings. The lowest BCUT2D eigenvalue weighted by Gasteiger charge is -2.65. The average molecular weight is 524 g/mol. The Bertz CT molecular complexity index is 1170. The van der Waals surface area contributed by atoms with Gasteiger partial charge in [0.15, 0.2) is 11.6 Å². The first kappa shape index (κ1) is 28.7. The van der Waals surface area contributed by atoms with E-state index in [4.69, 9.17) is 4.74 Å². The predicted molar refractivity (Wildman–Crippen MR) is 145 cm³/mol. The lowest BCUT2D eigenvalue weighted by Crippen LogP contribution is -2.66. The number of rotatable bonds is 1. The first-order valence-electron chi connectivity index (χ1n) is 14.2. The first-order chi connectivity index (χ1) is 17.4. The lowest BCUT2D eigenvalue weighted by atomic mass is 9.38. The molecule has 6 nitrogen and oxygen atoms in total. The monoisotopic (exact) mass is 523 g/mol. The van der Waals surface area contributed by atoms with Gasteiger partial charge in [-0.25, -0.2) is 0 Å². The Morgan fingerprint density at radius 1 is 1.00 bits per heavy atom. The van der Waals surface area contributed by atoms with Crippen LogP contribution in [-0.4, -0.2) is 35.4 Å². The lowest BCUT2D eigenvalue weighted by molar-refractivity contribution is -0.184. The SMILES string of the molecule is COC(=O)[C@@]1(C)CCC(C)(C)CC[C@@]2(O)C(=O)C=C3[C@@]4(C)C=C(C#N)C(=O)[C@@H](C)[C@@H]4CC[C@@]3(C)[C@]2(C)CC1. The molecule has 6 heteroatoms. The number of allylic oxidation sites excluding steroid dienone is 3. The largest absolute Gasteiger partial charge is 0.469 e. The molecule has 0 saturated heterocycles. The third-order valence-electron chi connectivity index (χ3n) is 11.9. The van der Waals surface area contributed by atoms with Crippen molar-refractivity contribution in [1.29, 1.82) is 5.26 Å². The van der Waals surface area contributed by atoms with Crippen LogP contribution in [0, 0.1) is 50.2 Å². The van der Waals surface area contributed by atoms with Crippen molar-refractivity contribution in [3.63, 3.8) is 0 Å². The van der Waals surface area contributed by atoms with Gasteiger partial charge in [0, 0.05) is 16.7 Å². The van der Waals surface area contributed by atoms with Crippen molar-refractivity contribution in [3.05, 3.63) is 23.3 Å². The van der Waals surface area contributed by atoms with Gasteiger partial charge in [0.05, 0.1) is 18.1 Å². The van der Waals surface area contributed by atoms with Gasteiger partial charge in [0.1, 0.15) is 11.7 Å². The highest BCUT2D eigenvalue weighted by molar-refractivity contribution is 6.03. The van der Waals surface area contributed by atoms with Crippen LogP contribution in [-0.2, 0) is 19.1 Å². The van der Waals surface area contributed by atoms with Crippen molar-refractivity contribution in [2.24, 2.45) is 38.9 Å². The molecule has 0 radical (unpaired) electrons. The van der Waals surface area contributed by atoms with Gasteiger partial charge in [-0.1, -0.05) is 47.6 Å². The van der Waals surface area contributed by atoms with Crippen LogP contribution in [0.25, 0.3) is 0 Å². The second kappa shape index (κ2) is 8.88. The molecular formula is C32H45NO5. The summed E-state index contributed by atoms with van der Waals surface area (Å²) in [5.74, 6) is -1.00. The third kappa shape index (κ3) is 3.79. The summed E-state index contributed by atoms with van der Waals surface area (Å²) in [4.78, 5) is 40.1. The van der Waals surface area contributed by atoms with E-state index < -0.39 is 27.3 Å². The third-order valence-corrected chi connectivity index (χ3v) is 11.9. The minimum Gasteiger partial charge on any atom is -0.469 e. The van der Waals surface area contributed by atoms with E-state index in [0.717, 1.165) is 24.8 Å². The quantitative estimate of drug-likeness (QED) is 0.430. The van der Waals surface area contributed by atoms with E-state index in [1.807, 2.05) is 20.8 Å². The summed E-state index contributed by atoms with van der Waals surface area (Å²) in [6.07, 6.45) is 8.42. The summed E-state index contributed by atoms with van der Waals surface area (Å²) in [7, 11) is 1.43. The maximum Gasteiger partial charge on any atom is 0.311 e. The molecule has 0 aromatic carbocycles. The van der Waals surface area contributed by atoms with Crippen molar-refractivity contribution < 1.29 is 24.2 Å². The van der Waals surface area contributed by atoms with Crippen molar-refractivity contribution in [2.75, 3.05) is 7.11 Å². The van der Waals surface area contributed by atoms with E-state index in [2.05, 4.69) is 33.8 Å². The Balaban J connectivity index is 1.93. The molecule has 0 bridgehead atoms. The van der Waals surface area contributed by atoms with Crippen molar-refractivity contribution in [3.8, 4) is 6.07 Å². The second-order valence-corrected chi connectivity index (χ2v) is 14.4. The van der Waals surface area contributed by atoms with E-state index in [9.17, 15) is 24.8 Å². The summed E-state index contributed by atoms with van der Waals surface area (Å²) in [6, 6.07) is 2.11. The fraction of sp³-hybridized carbons (Fsp3) is 0.750. The molecule has 208 valence electrons. The van der Waals surface area contributed by atoms with E-state index in [1.165, 1.54) is 7.11 Å². The molecule has 7 atom stereocenters. The predicted octanol–water partition coefficient (Wildman–Crippen LogP) is 5.88. The number of ether oxygens (including phenoxy) is 1. The highest BCUT2D eigenvalue weighted by atomic mass is 16.5. The molecule has 1 N–H and O–H groups in total. The van der Waals surface area contributed by atoms with Gasteiger partial charge >= 0.3 is 5.97 Å². The van der Waals surface area contributed by atoms with Crippen LogP contribution in [0.3, 0.4) is 0 Å². The zero-order valence-electron chi connectivity index (χ0n) is 24.5. The standard InChI is InChI=1S/C32H45NO5/c1-20-22-9-10-30(6)23(29(22,5)18-21(19-33)25(20)35)17-24(34)32(37)16-12-27(2,3)11-13-28(4,26(36)38-8)14-15-31(30,32)7/h17-18,20,22,37H,9-16H2,1-8H3/t20-,22-,28-,29-,30+,31-,32+/m0/s1. The Labute approximate surface area is 227 Å². The van der Waals surface area contributed by atoms with Crippen LogP contribution in [0.4, 0.5) is 0 Å². The number of nitrogens with zero attached hydrogens (tertiary/aromatic N) is 1. The molecule has 0 aromatic rings. The summed E-state index contributed by atoms with van der Waals surface area (Å²) in [6.45, 7) is 14.4. The number of nitriles is 1. The summed E-state index contributed by atoms with van der Waals surface area (Å²) < 4.78 is 5.26. The molecule has 4 rings (SSSR count). The van der Waals surface area contributed by atoms with E-state index >= 15 is 0 Å². The van der Waals surface area contributed by atoms with Gasteiger partial charge in [-0.15, -0.1) is 0 Å². The fourth-order valence-electron chi connectivity index (χ4n) is 8.62. The van der Waals surface area contributed by atoms with Gasteiger partial charge in [0.25, 0.3) is 0 Å². The molecular weight excluding hydrogens is 478 g/mol. The number of Topliss-reactive ketones (excluding diaryl/α,β-unsaturated/α-hetero) is 1. The van der Waals surface area contributed by atoms with Crippen molar-refractivity contribution in [2.45, 2.75) is 105 Å². The summed E-state index contributed by atoms with van der Waals surface area (Å²) in [5.41, 5.74) is -3.48. The molecule has 0 spiro atoms.